The fourth-order valence-corrected chi connectivity index (χ4v) is 1.57. The molecule has 0 aliphatic carbocycles. The minimum atomic E-state index is -3.94. The van der Waals surface area contributed by atoms with E-state index < -0.39 is 10.1 Å². The first-order valence-electron chi connectivity index (χ1n) is 3.76. The summed E-state index contributed by atoms with van der Waals surface area (Å²) in [5.41, 5.74) is 0. The molecule has 0 amide bonds. The maximum atomic E-state index is 10.4. The molecule has 0 radical (unpaired) electrons. The van der Waals surface area contributed by atoms with E-state index in [0.29, 0.717) is 0 Å². The summed E-state index contributed by atoms with van der Waals surface area (Å²) in [7, 11) is -3.94. The summed E-state index contributed by atoms with van der Waals surface area (Å²) in [6.45, 7) is 0. The monoisotopic (exact) mass is 205 g/mol. The number of hydroxylamine groups is 2. The van der Waals surface area contributed by atoms with Gasteiger partial charge in [-0.1, -0.05) is 12.2 Å². The minimum absolute atomic E-state index is 0.163. The summed E-state index contributed by atoms with van der Waals surface area (Å²) in [5.74, 6) is -0.354. The lowest BCUT2D eigenvalue weighted by Crippen LogP contribution is -2.29. The molecule has 0 aromatic carbocycles. The van der Waals surface area contributed by atoms with Crippen molar-refractivity contribution in [1.82, 2.24) is 5.06 Å². The van der Waals surface area contributed by atoms with Crippen molar-refractivity contribution in [3.8, 4) is 0 Å². The highest BCUT2D eigenvalue weighted by atomic mass is 32.2. The lowest BCUT2D eigenvalue weighted by atomic mass is 10.2. The second-order valence-electron chi connectivity index (χ2n) is 2.75. The standard InChI is InChI=1S/C7H11NO4S/c9-8-5-2-1-3-7(8)4-6-13(10,11)12/h1-3,5,7,9H,4,6H2,(H,10,11,12). The van der Waals surface area contributed by atoms with Gasteiger partial charge in [0.25, 0.3) is 10.1 Å². The van der Waals surface area contributed by atoms with E-state index in [1.165, 1.54) is 6.20 Å². The third-order valence-electron chi connectivity index (χ3n) is 1.69. The molecule has 0 aromatic rings. The van der Waals surface area contributed by atoms with E-state index in [4.69, 9.17) is 4.55 Å². The van der Waals surface area contributed by atoms with Crippen molar-refractivity contribution in [2.75, 3.05) is 5.75 Å². The molecule has 0 saturated heterocycles. The third-order valence-corrected chi connectivity index (χ3v) is 2.45. The molecule has 74 valence electrons. The van der Waals surface area contributed by atoms with Crippen LogP contribution in [0.4, 0.5) is 0 Å². The Morgan fingerprint density at radius 1 is 1.38 bits per heavy atom. The predicted octanol–water partition coefficient (Wildman–Crippen LogP) is 0.408. The third kappa shape index (κ3) is 3.58. The average Bonchev–Trinajstić information content (AvgIpc) is 2.01. The molecule has 1 rings (SSSR count). The Balaban J connectivity index is 2.46. The van der Waals surface area contributed by atoms with Crippen molar-refractivity contribution in [3.05, 3.63) is 24.4 Å². The number of hydrogen-bond donors (Lipinski definition) is 2. The normalized spacial score (nSPS) is 22.3. The first kappa shape index (κ1) is 10.2. The van der Waals surface area contributed by atoms with Gasteiger partial charge in [0.2, 0.25) is 0 Å². The molecular formula is C7H11NO4S. The molecular weight excluding hydrogens is 194 g/mol. The van der Waals surface area contributed by atoms with Crippen LogP contribution in [0.1, 0.15) is 6.42 Å². The van der Waals surface area contributed by atoms with Crippen molar-refractivity contribution in [2.24, 2.45) is 0 Å². The molecule has 1 aliphatic rings. The van der Waals surface area contributed by atoms with Gasteiger partial charge in [-0.25, -0.2) is 0 Å². The maximum Gasteiger partial charge on any atom is 0.264 e. The molecule has 0 saturated carbocycles. The molecule has 1 atom stereocenters. The van der Waals surface area contributed by atoms with Gasteiger partial charge in [0.1, 0.15) is 0 Å². The Bertz CT molecular complexity index is 319. The lowest BCUT2D eigenvalue weighted by Gasteiger charge is -2.23. The first-order chi connectivity index (χ1) is 5.99. The summed E-state index contributed by atoms with van der Waals surface area (Å²) in [4.78, 5) is 0. The van der Waals surface area contributed by atoms with Crippen LogP contribution in [0.5, 0.6) is 0 Å². The number of allylic oxidation sites excluding steroid dienone is 2. The van der Waals surface area contributed by atoms with Crippen LogP contribution in [0.3, 0.4) is 0 Å². The van der Waals surface area contributed by atoms with Crippen molar-refractivity contribution in [3.63, 3.8) is 0 Å². The van der Waals surface area contributed by atoms with Crippen molar-refractivity contribution >= 4 is 10.1 Å². The van der Waals surface area contributed by atoms with Crippen LogP contribution in [0.2, 0.25) is 0 Å². The van der Waals surface area contributed by atoms with Gasteiger partial charge in [-0.2, -0.15) is 8.42 Å². The van der Waals surface area contributed by atoms with Crippen molar-refractivity contribution in [1.29, 1.82) is 0 Å². The largest absolute Gasteiger partial charge is 0.288 e. The Labute approximate surface area is 76.7 Å². The molecule has 0 bridgehead atoms. The molecule has 6 heteroatoms. The highest BCUT2D eigenvalue weighted by molar-refractivity contribution is 7.85. The van der Waals surface area contributed by atoms with E-state index in [2.05, 4.69) is 0 Å². The minimum Gasteiger partial charge on any atom is -0.288 e. The van der Waals surface area contributed by atoms with Gasteiger partial charge >= 0.3 is 0 Å². The second-order valence-corrected chi connectivity index (χ2v) is 4.32. The molecule has 0 fully saturated rings. The van der Waals surface area contributed by atoms with Gasteiger partial charge in [-0.15, -0.1) is 0 Å². The van der Waals surface area contributed by atoms with Crippen LogP contribution in [0, 0.1) is 0 Å². The zero-order chi connectivity index (χ0) is 9.90. The van der Waals surface area contributed by atoms with E-state index in [9.17, 15) is 13.6 Å². The summed E-state index contributed by atoms with van der Waals surface area (Å²) in [6.07, 6.45) is 6.58. The van der Waals surface area contributed by atoms with Crippen LogP contribution < -0.4 is 0 Å². The molecule has 0 spiro atoms. The topological polar surface area (TPSA) is 77.8 Å². The molecule has 1 unspecified atom stereocenters. The van der Waals surface area contributed by atoms with E-state index in [1.807, 2.05) is 0 Å². The van der Waals surface area contributed by atoms with Crippen LogP contribution in [0.25, 0.3) is 0 Å². The van der Waals surface area contributed by atoms with Gasteiger partial charge in [-0.05, 0) is 12.5 Å². The second kappa shape index (κ2) is 3.91. The first-order valence-corrected chi connectivity index (χ1v) is 5.37. The lowest BCUT2D eigenvalue weighted by molar-refractivity contribution is -0.0662. The van der Waals surface area contributed by atoms with Crippen molar-refractivity contribution < 1.29 is 18.2 Å². The smallest absolute Gasteiger partial charge is 0.264 e. The molecule has 1 heterocycles. The van der Waals surface area contributed by atoms with E-state index in [0.717, 1.165) is 5.06 Å². The highest BCUT2D eigenvalue weighted by Crippen LogP contribution is 2.09. The van der Waals surface area contributed by atoms with E-state index >= 15 is 0 Å². The molecule has 1 aliphatic heterocycles. The summed E-state index contributed by atoms with van der Waals surface area (Å²) >= 11 is 0. The maximum absolute atomic E-state index is 10.4. The van der Waals surface area contributed by atoms with Gasteiger partial charge in [-0.3, -0.25) is 14.8 Å². The SMILES string of the molecule is O=S(=O)(O)CCC1C=CC=CN1O. The summed E-state index contributed by atoms with van der Waals surface area (Å²) < 4.78 is 29.3. The number of hydrogen-bond acceptors (Lipinski definition) is 4. The quantitative estimate of drug-likeness (QED) is 0.652. The van der Waals surface area contributed by atoms with Gasteiger partial charge < -0.3 is 0 Å². The fraction of sp³-hybridized carbons (Fsp3) is 0.429. The van der Waals surface area contributed by atoms with Gasteiger partial charge in [0, 0.05) is 6.20 Å². The summed E-state index contributed by atoms with van der Waals surface area (Å²) in [6, 6.07) is -0.382. The van der Waals surface area contributed by atoms with Crippen LogP contribution in [-0.4, -0.2) is 35.0 Å². The van der Waals surface area contributed by atoms with Crippen LogP contribution >= 0.6 is 0 Å². The van der Waals surface area contributed by atoms with E-state index in [-0.39, 0.29) is 18.2 Å². The van der Waals surface area contributed by atoms with Crippen LogP contribution in [-0.2, 0) is 10.1 Å². The fourth-order valence-electron chi connectivity index (χ4n) is 1.03. The van der Waals surface area contributed by atoms with Crippen LogP contribution in [0.15, 0.2) is 24.4 Å². The highest BCUT2D eigenvalue weighted by Gasteiger charge is 2.15. The number of rotatable bonds is 3. The Hall–Kier alpha value is -0.850. The predicted molar refractivity (Wildman–Crippen MR) is 46.7 cm³/mol. The van der Waals surface area contributed by atoms with Gasteiger partial charge in [0.15, 0.2) is 0 Å². The van der Waals surface area contributed by atoms with Crippen molar-refractivity contribution in [2.45, 2.75) is 12.5 Å². The Kier molecular flexibility index (Phi) is 3.07. The Morgan fingerprint density at radius 2 is 2.08 bits per heavy atom. The zero-order valence-electron chi connectivity index (χ0n) is 6.87. The zero-order valence-corrected chi connectivity index (χ0v) is 7.68. The summed E-state index contributed by atoms with van der Waals surface area (Å²) in [5, 5.41) is 10.1. The molecule has 5 nitrogen and oxygen atoms in total. The average molecular weight is 205 g/mol. The molecule has 13 heavy (non-hydrogen) atoms. The molecule has 0 aromatic heterocycles. The van der Waals surface area contributed by atoms with E-state index in [1.54, 1.807) is 18.2 Å². The Morgan fingerprint density at radius 3 is 2.62 bits per heavy atom. The molecule has 2 N–H and O–H groups in total. The number of nitrogens with zero attached hydrogens (tertiary/aromatic N) is 1. The van der Waals surface area contributed by atoms with Gasteiger partial charge in [0.05, 0.1) is 11.8 Å².